The highest BCUT2D eigenvalue weighted by Gasteiger charge is 2.18. The smallest absolute Gasteiger partial charge is 0.0466 e. The van der Waals surface area contributed by atoms with Gasteiger partial charge < -0.3 is 10.2 Å². The van der Waals surface area contributed by atoms with Crippen LogP contribution in [0.2, 0.25) is 0 Å². The molecule has 2 nitrogen and oxygen atoms in total. The Labute approximate surface area is 174 Å². The molecular weight excluding hydrogens is 584 g/mol. The molecule has 126 valence electrons. The number of aliphatic hydroxyl groups is 2. The quantitative estimate of drug-likeness (QED) is 0.197. The second-order valence-electron chi connectivity index (χ2n) is 4.47. The van der Waals surface area contributed by atoms with Crippen LogP contribution in [0.4, 0.5) is 0 Å². The van der Waals surface area contributed by atoms with Gasteiger partial charge in [-0.1, -0.05) is 15.9 Å². The fourth-order valence-corrected chi connectivity index (χ4v) is 7.38. The lowest BCUT2D eigenvalue weighted by Crippen LogP contribution is -1.98. The highest BCUT2D eigenvalue weighted by Crippen LogP contribution is 2.44. The lowest BCUT2D eigenvalue weighted by Gasteiger charge is -2.16. The number of hydrogen-bond acceptors (Lipinski definition) is 4. The molecule has 0 aliphatic rings. The van der Waals surface area contributed by atoms with Gasteiger partial charge in [-0.2, -0.15) is 23.5 Å². The van der Waals surface area contributed by atoms with E-state index < -0.39 is 0 Å². The van der Waals surface area contributed by atoms with Gasteiger partial charge in [0.1, 0.15) is 0 Å². The Bertz CT molecular complexity index is 447. The molecule has 0 spiro atoms. The van der Waals surface area contributed by atoms with Crippen molar-refractivity contribution in [3.8, 4) is 0 Å². The third kappa shape index (κ3) is 6.58. The maximum atomic E-state index is 8.87. The van der Waals surface area contributed by atoms with Crippen LogP contribution in [0.25, 0.3) is 0 Å². The fraction of sp³-hybridized carbons (Fsp3) is 0.571. The third-order valence-corrected chi connectivity index (χ3v) is 9.54. The molecule has 0 aromatic heterocycles. The zero-order chi connectivity index (χ0) is 16.5. The first-order chi connectivity index (χ1) is 10.5. The van der Waals surface area contributed by atoms with E-state index in [1.165, 1.54) is 11.1 Å². The van der Waals surface area contributed by atoms with Crippen LogP contribution >= 0.6 is 87.2 Å². The second kappa shape index (κ2) is 12.2. The van der Waals surface area contributed by atoms with Crippen molar-refractivity contribution in [3.05, 3.63) is 29.0 Å². The maximum absolute atomic E-state index is 8.87. The van der Waals surface area contributed by atoms with Gasteiger partial charge in [0, 0.05) is 42.6 Å². The number of thioether (sulfide) groups is 2. The molecule has 8 heteroatoms. The van der Waals surface area contributed by atoms with Crippen molar-refractivity contribution in [2.75, 3.05) is 24.7 Å². The summed E-state index contributed by atoms with van der Waals surface area (Å²) < 4.78 is 4.28. The van der Waals surface area contributed by atoms with Gasteiger partial charge in [-0.15, -0.1) is 0 Å². The van der Waals surface area contributed by atoms with Crippen molar-refractivity contribution >= 4 is 87.2 Å². The molecule has 0 saturated heterocycles. The number of hydrogen-bond donors (Lipinski definition) is 2. The molecule has 0 atom stereocenters. The van der Waals surface area contributed by atoms with Crippen LogP contribution < -0.4 is 0 Å². The largest absolute Gasteiger partial charge is 0.396 e. The minimum atomic E-state index is 0.242. The topological polar surface area (TPSA) is 40.5 Å². The molecule has 22 heavy (non-hydrogen) atoms. The SMILES string of the molecule is OCCCSCc1c(Br)c(Br)c(Br)c(CSCCCO)c1Br. The number of aliphatic hydroxyl groups excluding tert-OH is 2. The normalized spacial score (nSPS) is 11.2. The Kier molecular flexibility index (Phi) is 12.1. The molecule has 0 amide bonds. The van der Waals surface area contributed by atoms with Crippen molar-refractivity contribution in [1.29, 1.82) is 0 Å². The van der Waals surface area contributed by atoms with Gasteiger partial charge in [-0.25, -0.2) is 0 Å². The van der Waals surface area contributed by atoms with Crippen LogP contribution in [0.5, 0.6) is 0 Å². The Hall–Kier alpha value is 1.76. The summed E-state index contributed by atoms with van der Waals surface area (Å²) in [5.74, 6) is 3.68. The predicted molar refractivity (Wildman–Crippen MR) is 113 cm³/mol. The Balaban J connectivity index is 2.89. The minimum Gasteiger partial charge on any atom is -0.396 e. The third-order valence-electron chi connectivity index (χ3n) is 2.83. The van der Waals surface area contributed by atoms with Gasteiger partial charge in [0.2, 0.25) is 0 Å². The van der Waals surface area contributed by atoms with Gasteiger partial charge in [0.25, 0.3) is 0 Å². The molecular formula is C14H18Br4O2S2. The van der Waals surface area contributed by atoms with Gasteiger partial charge in [0.15, 0.2) is 0 Å². The van der Waals surface area contributed by atoms with Crippen molar-refractivity contribution < 1.29 is 10.2 Å². The first kappa shape index (κ1) is 21.8. The molecule has 0 fully saturated rings. The van der Waals surface area contributed by atoms with Crippen LogP contribution in [0.3, 0.4) is 0 Å². The maximum Gasteiger partial charge on any atom is 0.0466 e. The highest BCUT2D eigenvalue weighted by atomic mass is 79.9. The first-order valence-corrected chi connectivity index (χ1v) is 12.2. The molecule has 0 unspecified atom stereocenters. The van der Waals surface area contributed by atoms with Crippen LogP contribution in [0.15, 0.2) is 17.9 Å². The second-order valence-corrected chi connectivity index (χ2v) is 9.85. The van der Waals surface area contributed by atoms with E-state index in [0.29, 0.717) is 0 Å². The van der Waals surface area contributed by atoms with Gasteiger partial charge in [-0.05, 0) is 83.3 Å². The Morgan fingerprint density at radius 1 is 0.636 bits per heavy atom. The number of rotatable bonds is 10. The van der Waals surface area contributed by atoms with Crippen molar-refractivity contribution in [1.82, 2.24) is 0 Å². The lowest BCUT2D eigenvalue weighted by molar-refractivity contribution is 0.296. The number of halogens is 4. The zero-order valence-electron chi connectivity index (χ0n) is 11.9. The first-order valence-electron chi connectivity index (χ1n) is 6.75. The summed E-state index contributed by atoms with van der Waals surface area (Å²) in [6.07, 6.45) is 1.64. The van der Waals surface area contributed by atoms with E-state index in [9.17, 15) is 0 Å². The summed E-state index contributed by atoms with van der Waals surface area (Å²) in [4.78, 5) is 0. The van der Waals surface area contributed by atoms with E-state index in [0.717, 1.165) is 53.7 Å². The summed E-state index contributed by atoms with van der Waals surface area (Å²) in [5, 5.41) is 17.7. The fourth-order valence-electron chi connectivity index (χ4n) is 1.67. The number of benzene rings is 1. The summed E-state index contributed by atoms with van der Waals surface area (Å²) in [7, 11) is 0. The van der Waals surface area contributed by atoms with E-state index in [1.54, 1.807) is 0 Å². The molecule has 1 rings (SSSR count). The zero-order valence-corrected chi connectivity index (χ0v) is 19.9. The predicted octanol–water partition coefficient (Wildman–Crippen LogP) is 5.97. The monoisotopic (exact) mass is 598 g/mol. The van der Waals surface area contributed by atoms with Crippen LogP contribution in [-0.4, -0.2) is 34.9 Å². The van der Waals surface area contributed by atoms with Crippen LogP contribution in [0, 0.1) is 0 Å². The van der Waals surface area contributed by atoms with E-state index in [2.05, 4.69) is 63.7 Å². The Morgan fingerprint density at radius 2 is 1.05 bits per heavy atom. The van der Waals surface area contributed by atoms with Crippen LogP contribution in [-0.2, 0) is 11.5 Å². The lowest BCUT2D eigenvalue weighted by atomic mass is 10.1. The summed E-state index contributed by atoms with van der Waals surface area (Å²) in [6.45, 7) is 0.484. The van der Waals surface area contributed by atoms with E-state index >= 15 is 0 Å². The van der Waals surface area contributed by atoms with E-state index in [-0.39, 0.29) is 13.2 Å². The summed E-state index contributed by atoms with van der Waals surface area (Å²) >= 11 is 18.4. The van der Waals surface area contributed by atoms with Gasteiger partial charge in [0.05, 0.1) is 0 Å². The molecule has 2 N–H and O–H groups in total. The van der Waals surface area contributed by atoms with Gasteiger partial charge in [-0.3, -0.25) is 0 Å². The Morgan fingerprint density at radius 3 is 1.41 bits per heavy atom. The average Bonchev–Trinajstić information content (AvgIpc) is 2.51. The van der Waals surface area contributed by atoms with Crippen molar-refractivity contribution in [2.45, 2.75) is 24.3 Å². The highest BCUT2D eigenvalue weighted by molar-refractivity contribution is 9.14. The summed E-state index contributed by atoms with van der Waals surface area (Å²) in [5.41, 5.74) is 2.46. The molecule has 1 aromatic carbocycles. The van der Waals surface area contributed by atoms with Gasteiger partial charge >= 0.3 is 0 Å². The molecule has 1 aromatic rings. The summed E-state index contributed by atoms with van der Waals surface area (Å²) in [6, 6.07) is 0. The molecule has 0 saturated carbocycles. The van der Waals surface area contributed by atoms with Crippen LogP contribution in [0.1, 0.15) is 24.0 Å². The molecule has 0 heterocycles. The molecule has 0 radical (unpaired) electrons. The molecule has 0 bridgehead atoms. The standard InChI is InChI=1S/C14H18Br4O2S2/c15-11-9(7-21-5-1-3-19)12(16)14(18)13(17)10(11)8-22-6-2-4-20/h19-20H,1-8H2. The van der Waals surface area contributed by atoms with Crippen molar-refractivity contribution in [2.24, 2.45) is 0 Å². The average molecular weight is 602 g/mol. The van der Waals surface area contributed by atoms with E-state index in [4.69, 9.17) is 10.2 Å². The van der Waals surface area contributed by atoms with Crippen molar-refractivity contribution in [3.63, 3.8) is 0 Å². The minimum absolute atomic E-state index is 0.242. The molecule has 0 aliphatic heterocycles. The molecule has 0 aliphatic carbocycles. The van der Waals surface area contributed by atoms with E-state index in [1.807, 2.05) is 23.5 Å².